The van der Waals surface area contributed by atoms with Gasteiger partial charge in [0.15, 0.2) is 0 Å². The summed E-state index contributed by atoms with van der Waals surface area (Å²) >= 11 is 0. The molecule has 0 saturated carbocycles. The van der Waals surface area contributed by atoms with Crippen LogP contribution in [0.1, 0.15) is 20.3 Å². The SMILES string of the molecule is CCC(C)C(=O)C(F)(F)S(=O)(=O)O. The first-order valence-electron chi connectivity index (χ1n) is 3.53. The predicted molar refractivity (Wildman–Crippen MR) is 41.0 cm³/mol. The lowest BCUT2D eigenvalue weighted by molar-refractivity contribution is -0.137. The van der Waals surface area contributed by atoms with E-state index in [1.54, 1.807) is 0 Å². The maximum atomic E-state index is 12.6. The molecule has 13 heavy (non-hydrogen) atoms. The van der Waals surface area contributed by atoms with E-state index in [2.05, 4.69) is 0 Å². The zero-order chi connectivity index (χ0) is 10.9. The molecule has 0 rings (SSSR count). The molecule has 1 unspecified atom stereocenters. The first kappa shape index (κ1) is 12.4. The summed E-state index contributed by atoms with van der Waals surface area (Å²) < 4.78 is 53.4. The Labute approximate surface area is 74.7 Å². The third-order valence-corrected chi connectivity index (χ3v) is 2.52. The molecule has 0 aliphatic carbocycles. The minimum Gasteiger partial charge on any atom is -0.291 e. The van der Waals surface area contributed by atoms with Crippen LogP contribution in [0, 0.1) is 5.92 Å². The van der Waals surface area contributed by atoms with Crippen LogP contribution in [-0.2, 0) is 14.9 Å². The van der Waals surface area contributed by atoms with Crippen LogP contribution < -0.4 is 0 Å². The van der Waals surface area contributed by atoms with Gasteiger partial charge in [-0.25, -0.2) is 0 Å². The fourth-order valence-corrected chi connectivity index (χ4v) is 1.05. The van der Waals surface area contributed by atoms with E-state index in [0.29, 0.717) is 0 Å². The Bertz CT molecular complexity index is 296. The van der Waals surface area contributed by atoms with Crippen molar-refractivity contribution in [2.75, 3.05) is 0 Å². The van der Waals surface area contributed by atoms with E-state index < -0.39 is 27.1 Å². The highest BCUT2D eigenvalue weighted by atomic mass is 32.2. The standard InChI is InChI=1S/C6H10F2O4S/c1-3-4(2)5(9)6(7,8)13(10,11)12/h4H,3H2,1-2H3,(H,10,11,12). The Hall–Kier alpha value is -0.560. The monoisotopic (exact) mass is 216 g/mol. The first-order chi connectivity index (χ1) is 5.64. The Balaban J connectivity index is 4.97. The molecular weight excluding hydrogens is 206 g/mol. The Morgan fingerprint density at radius 2 is 1.92 bits per heavy atom. The number of Topliss-reactive ketones (excluding diaryl/α,β-unsaturated/α-hetero) is 1. The molecule has 78 valence electrons. The van der Waals surface area contributed by atoms with Crippen LogP contribution in [0.4, 0.5) is 8.78 Å². The summed E-state index contributed by atoms with van der Waals surface area (Å²) in [6, 6.07) is 0. The van der Waals surface area contributed by atoms with Gasteiger partial charge in [-0.1, -0.05) is 13.8 Å². The number of ketones is 1. The summed E-state index contributed by atoms with van der Waals surface area (Å²) in [5.41, 5.74) is 0. The van der Waals surface area contributed by atoms with Crippen LogP contribution in [0.15, 0.2) is 0 Å². The van der Waals surface area contributed by atoms with Crippen molar-refractivity contribution < 1.29 is 26.5 Å². The number of halogens is 2. The Morgan fingerprint density at radius 3 is 2.15 bits per heavy atom. The lowest BCUT2D eigenvalue weighted by Crippen LogP contribution is -2.40. The lowest BCUT2D eigenvalue weighted by atomic mass is 10.0. The van der Waals surface area contributed by atoms with Crippen LogP contribution >= 0.6 is 0 Å². The van der Waals surface area contributed by atoms with Gasteiger partial charge >= 0.3 is 15.4 Å². The van der Waals surface area contributed by atoms with Gasteiger partial charge in [0.25, 0.3) is 0 Å². The van der Waals surface area contributed by atoms with Crippen molar-refractivity contribution in [1.82, 2.24) is 0 Å². The number of hydrogen-bond donors (Lipinski definition) is 1. The van der Waals surface area contributed by atoms with E-state index in [-0.39, 0.29) is 6.42 Å². The number of alkyl halides is 2. The van der Waals surface area contributed by atoms with E-state index in [1.807, 2.05) is 0 Å². The van der Waals surface area contributed by atoms with Crippen LogP contribution in [-0.4, -0.2) is 24.0 Å². The van der Waals surface area contributed by atoms with Crippen LogP contribution in [0.3, 0.4) is 0 Å². The first-order valence-corrected chi connectivity index (χ1v) is 4.97. The normalized spacial score (nSPS) is 15.5. The van der Waals surface area contributed by atoms with Gasteiger partial charge in [0.2, 0.25) is 5.78 Å². The predicted octanol–water partition coefficient (Wildman–Crippen LogP) is 1.08. The van der Waals surface area contributed by atoms with Crippen LogP contribution in [0.5, 0.6) is 0 Å². The fourth-order valence-electron chi connectivity index (χ4n) is 0.599. The smallest absolute Gasteiger partial charge is 0.291 e. The van der Waals surface area contributed by atoms with E-state index in [9.17, 15) is 22.0 Å². The van der Waals surface area contributed by atoms with Gasteiger partial charge in [0.05, 0.1) is 0 Å². The number of carbonyl (C=O) groups excluding carboxylic acids is 1. The fraction of sp³-hybridized carbons (Fsp3) is 0.833. The van der Waals surface area contributed by atoms with Gasteiger partial charge in [-0.3, -0.25) is 9.35 Å². The summed E-state index contributed by atoms with van der Waals surface area (Å²) in [5, 5.41) is -4.69. The molecule has 0 amide bonds. The second kappa shape index (κ2) is 3.67. The maximum absolute atomic E-state index is 12.6. The third kappa shape index (κ3) is 2.44. The van der Waals surface area contributed by atoms with E-state index in [1.165, 1.54) is 13.8 Å². The molecule has 0 aliphatic rings. The summed E-state index contributed by atoms with van der Waals surface area (Å²) in [7, 11) is -5.64. The number of carbonyl (C=O) groups is 1. The van der Waals surface area contributed by atoms with Crippen molar-refractivity contribution in [3.8, 4) is 0 Å². The van der Waals surface area contributed by atoms with Gasteiger partial charge in [0.1, 0.15) is 0 Å². The molecule has 0 bridgehead atoms. The Morgan fingerprint density at radius 1 is 1.54 bits per heavy atom. The minimum absolute atomic E-state index is 0.0872. The summed E-state index contributed by atoms with van der Waals surface area (Å²) in [6.45, 7) is 2.63. The molecule has 0 spiro atoms. The molecule has 1 atom stereocenters. The van der Waals surface area contributed by atoms with E-state index in [4.69, 9.17) is 4.55 Å². The quantitative estimate of drug-likeness (QED) is 0.714. The van der Waals surface area contributed by atoms with Crippen molar-refractivity contribution in [3.05, 3.63) is 0 Å². The van der Waals surface area contributed by atoms with E-state index in [0.717, 1.165) is 0 Å². The van der Waals surface area contributed by atoms with Crippen molar-refractivity contribution >= 4 is 15.9 Å². The average molecular weight is 216 g/mol. The second-order valence-corrected chi connectivity index (χ2v) is 4.13. The molecular formula is C6H10F2O4S. The Kier molecular flexibility index (Phi) is 3.51. The summed E-state index contributed by atoms with van der Waals surface area (Å²) in [5.74, 6) is -2.88. The molecule has 0 heterocycles. The van der Waals surface area contributed by atoms with Gasteiger partial charge in [-0.05, 0) is 6.42 Å². The molecule has 4 nitrogen and oxygen atoms in total. The van der Waals surface area contributed by atoms with Gasteiger partial charge in [-0.15, -0.1) is 0 Å². The molecule has 0 saturated heterocycles. The van der Waals surface area contributed by atoms with Crippen LogP contribution in [0.25, 0.3) is 0 Å². The average Bonchev–Trinajstić information content (AvgIpc) is 1.99. The minimum atomic E-state index is -5.64. The molecule has 0 radical (unpaired) electrons. The molecule has 0 fully saturated rings. The second-order valence-electron chi connectivity index (χ2n) is 2.67. The highest BCUT2D eigenvalue weighted by Crippen LogP contribution is 2.26. The van der Waals surface area contributed by atoms with Gasteiger partial charge < -0.3 is 0 Å². The van der Waals surface area contributed by atoms with Crippen molar-refractivity contribution in [3.63, 3.8) is 0 Å². The van der Waals surface area contributed by atoms with Gasteiger partial charge in [-0.2, -0.15) is 17.2 Å². The zero-order valence-corrected chi connectivity index (χ0v) is 7.94. The molecule has 0 aromatic rings. The van der Waals surface area contributed by atoms with Gasteiger partial charge in [0, 0.05) is 5.92 Å². The topological polar surface area (TPSA) is 71.4 Å². The molecule has 0 aliphatic heterocycles. The lowest BCUT2D eigenvalue weighted by Gasteiger charge is -2.14. The van der Waals surface area contributed by atoms with Crippen molar-refractivity contribution in [2.24, 2.45) is 5.92 Å². The maximum Gasteiger partial charge on any atom is 0.426 e. The van der Waals surface area contributed by atoms with Crippen molar-refractivity contribution in [1.29, 1.82) is 0 Å². The van der Waals surface area contributed by atoms with Crippen LogP contribution in [0.2, 0.25) is 0 Å². The summed E-state index contributed by atoms with van der Waals surface area (Å²) in [4.78, 5) is 10.8. The molecule has 0 aromatic heterocycles. The zero-order valence-electron chi connectivity index (χ0n) is 7.12. The number of hydrogen-bond acceptors (Lipinski definition) is 3. The van der Waals surface area contributed by atoms with Crippen molar-refractivity contribution in [2.45, 2.75) is 25.5 Å². The third-order valence-electron chi connectivity index (χ3n) is 1.67. The highest BCUT2D eigenvalue weighted by Gasteiger charge is 2.52. The molecule has 7 heteroatoms. The number of rotatable bonds is 4. The molecule has 0 aromatic carbocycles. The highest BCUT2D eigenvalue weighted by molar-refractivity contribution is 7.87. The summed E-state index contributed by atoms with van der Waals surface area (Å²) in [6.07, 6.45) is 0.0872. The van der Waals surface area contributed by atoms with E-state index >= 15 is 0 Å². The molecule has 1 N–H and O–H groups in total. The largest absolute Gasteiger partial charge is 0.426 e.